The maximum atomic E-state index is 3.78. The molecule has 0 saturated carbocycles. The second kappa shape index (κ2) is 26.6. The highest BCUT2D eigenvalue weighted by molar-refractivity contribution is 4.62. The molecular formula is C23H52Br2N2. The molecule has 0 spiro atoms. The fourth-order valence-electron chi connectivity index (χ4n) is 2.90. The number of hydrogen-bond acceptors (Lipinski definition) is 0. The van der Waals surface area contributed by atoms with E-state index < -0.39 is 0 Å². The molecule has 0 aromatic carbocycles. The third kappa shape index (κ3) is 37.9. The maximum Gasteiger partial charge on any atom is 0.0953 e. The van der Waals surface area contributed by atoms with E-state index in [-0.39, 0.29) is 34.0 Å². The minimum atomic E-state index is 0. The van der Waals surface area contributed by atoms with Crippen LogP contribution in [0.3, 0.4) is 0 Å². The van der Waals surface area contributed by atoms with Crippen molar-refractivity contribution in [1.29, 1.82) is 0 Å². The van der Waals surface area contributed by atoms with Crippen molar-refractivity contribution >= 4 is 0 Å². The van der Waals surface area contributed by atoms with Crippen LogP contribution in [0.4, 0.5) is 0 Å². The number of nitrogens with one attached hydrogen (secondary N) is 1. The number of halogens is 2. The molecule has 168 valence electrons. The lowest BCUT2D eigenvalue weighted by atomic mass is 10.1. The van der Waals surface area contributed by atoms with Crippen molar-refractivity contribution in [2.75, 3.05) is 47.8 Å². The predicted octanol–water partition coefficient (Wildman–Crippen LogP) is -0.891. The van der Waals surface area contributed by atoms with Crippen molar-refractivity contribution in [3.05, 3.63) is 12.7 Å². The SMILES string of the molecule is C=CC[NH+](C)CCCCCCCCCCCC.CCCC[N+](C)(C)C.[Br-].[Br-]. The molecule has 0 radical (unpaired) electrons. The first kappa shape index (κ1) is 35.1. The molecule has 1 N–H and O–H groups in total. The molecule has 0 bridgehead atoms. The Morgan fingerprint density at radius 3 is 1.44 bits per heavy atom. The molecule has 0 aliphatic carbocycles. The highest BCUT2D eigenvalue weighted by Crippen LogP contribution is 2.09. The zero-order valence-corrected chi connectivity index (χ0v) is 22.8. The first-order valence-electron chi connectivity index (χ1n) is 11.1. The predicted molar refractivity (Wildman–Crippen MR) is 116 cm³/mol. The summed E-state index contributed by atoms with van der Waals surface area (Å²) >= 11 is 0. The van der Waals surface area contributed by atoms with E-state index >= 15 is 0 Å². The van der Waals surface area contributed by atoms with Crippen LogP contribution >= 0.6 is 0 Å². The van der Waals surface area contributed by atoms with Gasteiger partial charge in [-0.05, 0) is 25.3 Å². The number of nitrogens with zero attached hydrogens (tertiary/aromatic N) is 1. The highest BCUT2D eigenvalue weighted by Gasteiger charge is 2.03. The average molecular weight is 516 g/mol. The Labute approximate surface area is 194 Å². The molecule has 0 aromatic rings. The molecule has 1 unspecified atom stereocenters. The molecule has 1 atom stereocenters. The smallest absolute Gasteiger partial charge is 0.0953 e. The van der Waals surface area contributed by atoms with Crippen LogP contribution in [0.5, 0.6) is 0 Å². The van der Waals surface area contributed by atoms with E-state index in [2.05, 4.69) is 48.6 Å². The lowest BCUT2D eigenvalue weighted by Crippen LogP contribution is -3.08. The van der Waals surface area contributed by atoms with Gasteiger partial charge in [-0.25, -0.2) is 0 Å². The number of unbranched alkanes of at least 4 members (excludes halogenated alkanes) is 10. The fourth-order valence-corrected chi connectivity index (χ4v) is 2.90. The van der Waals surface area contributed by atoms with Gasteiger partial charge in [0, 0.05) is 0 Å². The quantitative estimate of drug-likeness (QED) is 0.154. The Kier molecular flexibility index (Phi) is 34.6. The van der Waals surface area contributed by atoms with E-state index in [0.29, 0.717) is 0 Å². The van der Waals surface area contributed by atoms with Crippen molar-refractivity contribution in [2.45, 2.75) is 90.9 Å². The second-order valence-electron chi connectivity index (χ2n) is 8.75. The summed E-state index contributed by atoms with van der Waals surface area (Å²) in [5, 5.41) is 0. The summed E-state index contributed by atoms with van der Waals surface area (Å²) in [6.07, 6.45) is 19.0. The minimum absolute atomic E-state index is 0. The molecule has 0 aliphatic heterocycles. The molecule has 0 fully saturated rings. The first-order chi connectivity index (χ1) is 11.9. The summed E-state index contributed by atoms with van der Waals surface area (Å²) in [5.41, 5.74) is 0. The van der Waals surface area contributed by atoms with E-state index in [9.17, 15) is 0 Å². The van der Waals surface area contributed by atoms with Gasteiger partial charge in [0.2, 0.25) is 0 Å². The van der Waals surface area contributed by atoms with Crippen LogP contribution in [-0.2, 0) is 0 Å². The van der Waals surface area contributed by atoms with Crippen molar-refractivity contribution in [3.8, 4) is 0 Å². The van der Waals surface area contributed by atoms with E-state index in [1.807, 2.05) is 6.08 Å². The van der Waals surface area contributed by atoms with Crippen LogP contribution in [0, 0.1) is 0 Å². The Morgan fingerprint density at radius 1 is 0.704 bits per heavy atom. The second-order valence-corrected chi connectivity index (χ2v) is 8.75. The highest BCUT2D eigenvalue weighted by atomic mass is 79.9. The normalized spacial score (nSPS) is 11.5. The van der Waals surface area contributed by atoms with Gasteiger partial charge >= 0.3 is 0 Å². The third-order valence-corrected chi connectivity index (χ3v) is 4.63. The molecular weight excluding hydrogens is 464 g/mol. The van der Waals surface area contributed by atoms with Gasteiger partial charge in [0.1, 0.15) is 0 Å². The topological polar surface area (TPSA) is 4.44 Å². The Morgan fingerprint density at radius 2 is 1.11 bits per heavy atom. The molecule has 0 heterocycles. The van der Waals surface area contributed by atoms with Gasteiger partial charge in [-0.1, -0.05) is 78.2 Å². The van der Waals surface area contributed by atoms with Gasteiger partial charge < -0.3 is 43.3 Å². The van der Waals surface area contributed by atoms with Crippen molar-refractivity contribution in [2.24, 2.45) is 0 Å². The van der Waals surface area contributed by atoms with Gasteiger partial charge in [-0.2, -0.15) is 0 Å². The van der Waals surface area contributed by atoms with Gasteiger partial charge in [-0.15, -0.1) is 0 Å². The lowest BCUT2D eigenvalue weighted by molar-refractivity contribution is -0.873. The Hall–Kier alpha value is 0.620. The molecule has 27 heavy (non-hydrogen) atoms. The largest absolute Gasteiger partial charge is 1.00 e. The van der Waals surface area contributed by atoms with Crippen molar-refractivity contribution < 1.29 is 43.3 Å². The van der Waals surface area contributed by atoms with E-state index in [1.54, 1.807) is 4.90 Å². The molecule has 0 aliphatic rings. The number of hydrogen-bond donors (Lipinski definition) is 1. The zero-order valence-electron chi connectivity index (χ0n) is 19.6. The molecule has 4 heteroatoms. The van der Waals surface area contributed by atoms with E-state index in [1.165, 1.54) is 90.1 Å². The van der Waals surface area contributed by atoms with Crippen LogP contribution in [0.1, 0.15) is 90.9 Å². The zero-order chi connectivity index (χ0) is 19.4. The average Bonchev–Trinajstić information content (AvgIpc) is 2.55. The fraction of sp³-hybridized carbons (Fsp3) is 0.913. The summed E-state index contributed by atoms with van der Waals surface area (Å²) in [6.45, 7) is 12.0. The summed E-state index contributed by atoms with van der Waals surface area (Å²) in [4.78, 5) is 1.60. The van der Waals surface area contributed by atoms with Gasteiger partial charge in [0.25, 0.3) is 0 Å². The first-order valence-corrected chi connectivity index (χ1v) is 11.1. The van der Waals surface area contributed by atoms with Crippen LogP contribution in [0.25, 0.3) is 0 Å². The molecule has 0 amide bonds. The van der Waals surface area contributed by atoms with Gasteiger partial charge in [-0.3, -0.25) is 0 Å². The molecule has 0 saturated heterocycles. The number of rotatable bonds is 16. The number of quaternary nitrogens is 2. The van der Waals surface area contributed by atoms with Gasteiger partial charge in [0.05, 0.1) is 47.8 Å². The minimum Gasteiger partial charge on any atom is -1.00 e. The molecule has 0 aromatic heterocycles. The summed E-state index contributed by atoms with van der Waals surface area (Å²) < 4.78 is 1.10. The van der Waals surface area contributed by atoms with Crippen LogP contribution in [0.15, 0.2) is 12.7 Å². The number of likely N-dealkylation sites (N-methyl/N-ethyl adjacent to an activating group) is 1. The van der Waals surface area contributed by atoms with E-state index in [4.69, 9.17) is 0 Å². The van der Waals surface area contributed by atoms with Crippen molar-refractivity contribution in [1.82, 2.24) is 0 Å². The Bertz CT molecular complexity index is 266. The third-order valence-electron chi connectivity index (χ3n) is 4.63. The lowest BCUT2D eigenvalue weighted by Gasteiger charge is -2.23. The standard InChI is InChI=1S/C16H33N.C7H18N.2BrH/c1-4-6-7-8-9-10-11-12-13-14-16-17(3)15-5-2;1-5-6-7-8(2,3)4;;/h5H,2,4,6-16H2,1,3H3;5-7H2,1-4H3;2*1H/q;+1;;/p-1. The van der Waals surface area contributed by atoms with Crippen LogP contribution in [0.2, 0.25) is 0 Å². The van der Waals surface area contributed by atoms with Crippen LogP contribution < -0.4 is 38.9 Å². The maximum absolute atomic E-state index is 3.78. The molecule has 2 nitrogen and oxygen atoms in total. The molecule has 0 rings (SSSR count). The van der Waals surface area contributed by atoms with Crippen LogP contribution in [-0.4, -0.2) is 52.3 Å². The van der Waals surface area contributed by atoms with Crippen molar-refractivity contribution in [3.63, 3.8) is 0 Å². The van der Waals surface area contributed by atoms with E-state index in [0.717, 1.165) is 11.0 Å². The summed E-state index contributed by atoms with van der Waals surface area (Å²) in [5.74, 6) is 0. The van der Waals surface area contributed by atoms with Gasteiger partial charge in [0.15, 0.2) is 0 Å². The summed E-state index contributed by atoms with van der Waals surface area (Å²) in [7, 11) is 8.95. The monoisotopic (exact) mass is 514 g/mol. The summed E-state index contributed by atoms with van der Waals surface area (Å²) in [6, 6.07) is 0. The Balaban J connectivity index is -0.000000226.